The first kappa shape index (κ1) is 19.0. The molecule has 3 aliphatic rings. The molecule has 3 fully saturated rings. The lowest BCUT2D eigenvalue weighted by atomic mass is 9.98. The maximum Gasteiger partial charge on any atom is 0.325 e. The van der Waals surface area contributed by atoms with Gasteiger partial charge in [-0.15, -0.1) is 12.4 Å². The molecule has 136 valence electrons. The molecule has 4 N–H and O–H groups in total. The second-order valence-electron chi connectivity index (χ2n) is 6.72. The minimum Gasteiger partial charge on any atom is -0.391 e. The van der Waals surface area contributed by atoms with Crippen molar-refractivity contribution in [1.82, 2.24) is 20.9 Å². The molecule has 1 spiro atoms. The van der Waals surface area contributed by atoms with Crippen molar-refractivity contribution in [3.63, 3.8) is 0 Å². The fourth-order valence-corrected chi connectivity index (χ4v) is 3.67. The third-order valence-corrected chi connectivity index (χ3v) is 5.13. The number of carbonyl (C=O) groups is 3. The maximum absolute atomic E-state index is 12.4. The smallest absolute Gasteiger partial charge is 0.325 e. The zero-order valence-corrected chi connectivity index (χ0v) is 14.4. The summed E-state index contributed by atoms with van der Waals surface area (Å²) in [6.45, 7) is 1.73. The van der Waals surface area contributed by atoms with E-state index in [1.165, 1.54) is 0 Å². The van der Waals surface area contributed by atoms with Gasteiger partial charge in [0.1, 0.15) is 5.54 Å². The summed E-state index contributed by atoms with van der Waals surface area (Å²) in [5.41, 5.74) is -0.715. The first-order chi connectivity index (χ1) is 11.0. The highest BCUT2D eigenvalue weighted by Gasteiger charge is 2.52. The number of hydrogen-bond acceptors (Lipinski definition) is 5. The van der Waals surface area contributed by atoms with Crippen molar-refractivity contribution in [1.29, 1.82) is 0 Å². The molecule has 1 aliphatic carbocycles. The Hall–Kier alpha value is -1.38. The molecule has 0 radical (unpaired) electrons. The van der Waals surface area contributed by atoms with Crippen LogP contribution < -0.4 is 16.0 Å². The van der Waals surface area contributed by atoms with Crippen molar-refractivity contribution in [2.75, 3.05) is 26.2 Å². The van der Waals surface area contributed by atoms with Gasteiger partial charge in [0.2, 0.25) is 5.91 Å². The van der Waals surface area contributed by atoms with Gasteiger partial charge in [-0.3, -0.25) is 14.5 Å². The first-order valence-corrected chi connectivity index (χ1v) is 8.31. The second-order valence-corrected chi connectivity index (χ2v) is 6.72. The van der Waals surface area contributed by atoms with E-state index >= 15 is 0 Å². The standard InChI is InChI=1S/C15H24N4O4.ClH/c20-11-9-16-7-10(11)8-17-12(21)3-6-19-13(22)15(18-14(19)23)4-1-2-5-15;/h10-11,16,20H,1-9H2,(H,17,21)(H,18,23);1H. The molecule has 1 saturated carbocycles. The maximum atomic E-state index is 12.4. The topological polar surface area (TPSA) is 111 Å². The summed E-state index contributed by atoms with van der Waals surface area (Å²) in [5, 5.41) is 18.3. The van der Waals surface area contributed by atoms with Crippen LogP contribution in [0, 0.1) is 5.92 Å². The van der Waals surface area contributed by atoms with Crippen LogP contribution in [0.25, 0.3) is 0 Å². The van der Waals surface area contributed by atoms with E-state index in [1.807, 2.05) is 0 Å². The van der Waals surface area contributed by atoms with Crippen LogP contribution in [0.15, 0.2) is 0 Å². The zero-order chi connectivity index (χ0) is 16.4. The molecule has 3 rings (SSSR count). The fourth-order valence-electron chi connectivity index (χ4n) is 3.67. The Morgan fingerprint density at radius 1 is 1.29 bits per heavy atom. The summed E-state index contributed by atoms with van der Waals surface area (Å²) >= 11 is 0. The summed E-state index contributed by atoms with van der Waals surface area (Å²) in [4.78, 5) is 37.5. The first-order valence-electron chi connectivity index (χ1n) is 8.31. The highest BCUT2D eigenvalue weighted by Crippen LogP contribution is 2.34. The molecule has 8 nitrogen and oxygen atoms in total. The number of urea groups is 1. The third-order valence-electron chi connectivity index (χ3n) is 5.13. The van der Waals surface area contributed by atoms with Gasteiger partial charge in [0.25, 0.3) is 5.91 Å². The molecule has 2 atom stereocenters. The van der Waals surface area contributed by atoms with Crippen molar-refractivity contribution in [3.8, 4) is 0 Å². The Kier molecular flexibility index (Phi) is 6.06. The molecule has 0 aromatic rings. The van der Waals surface area contributed by atoms with E-state index in [0.29, 0.717) is 32.5 Å². The van der Waals surface area contributed by atoms with E-state index in [9.17, 15) is 19.5 Å². The van der Waals surface area contributed by atoms with Gasteiger partial charge in [-0.25, -0.2) is 4.79 Å². The van der Waals surface area contributed by atoms with Crippen LogP contribution in [-0.4, -0.2) is 65.7 Å². The third kappa shape index (κ3) is 3.65. The van der Waals surface area contributed by atoms with E-state index in [0.717, 1.165) is 17.7 Å². The number of nitrogens with one attached hydrogen (secondary N) is 3. The van der Waals surface area contributed by atoms with Crippen LogP contribution in [0.2, 0.25) is 0 Å². The molecule has 24 heavy (non-hydrogen) atoms. The van der Waals surface area contributed by atoms with Crippen LogP contribution in [-0.2, 0) is 9.59 Å². The number of β-amino-alcohol motifs (C(OH)–C–C–N with tert-alkyl or cyclic N) is 1. The van der Waals surface area contributed by atoms with Crippen LogP contribution in [0.4, 0.5) is 4.79 Å². The van der Waals surface area contributed by atoms with E-state index < -0.39 is 11.6 Å². The number of hydrogen-bond donors (Lipinski definition) is 4. The number of halogens is 1. The molecule has 0 bridgehead atoms. The minimum atomic E-state index is -0.715. The quantitative estimate of drug-likeness (QED) is 0.487. The van der Waals surface area contributed by atoms with Crippen molar-refractivity contribution in [2.24, 2.45) is 5.92 Å². The molecule has 2 unspecified atom stereocenters. The Bertz CT molecular complexity index is 510. The summed E-state index contributed by atoms with van der Waals surface area (Å²) in [6, 6.07) is -0.389. The molecule has 2 heterocycles. The molecular formula is C15H25ClN4O4. The number of aliphatic hydroxyl groups is 1. The van der Waals surface area contributed by atoms with Gasteiger partial charge in [0, 0.05) is 38.5 Å². The molecule has 9 heteroatoms. The van der Waals surface area contributed by atoms with Gasteiger partial charge >= 0.3 is 6.03 Å². The van der Waals surface area contributed by atoms with E-state index in [4.69, 9.17) is 0 Å². The number of nitrogens with zero attached hydrogens (tertiary/aromatic N) is 1. The largest absolute Gasteiger partial charge is 0.391 e. The Labute approximate surface area is 147 Å². The van der Waals surface area contributed by atoms with Crippen molar-refractivity contribution in [2.45, 2.75) is 43.7 Å². The monoisotopic (exact) mass is 360 g/mol. The lowest BCUT2D eigenvalue weighted by Gasteiger charge is -2.20. The molecule has 4 amide bonds. The van der Waals surface area contributed by atoms with Gasteiger partial charge in [0.15, 0.2) is 0 Å². The highest BCUT2D eigenvalue weighted by molar-refractivity contribution is 6.07. The number of rotatable bonds is 5. The normalized spacial score (nSPS) is 28.1. The van der Waals surface area contributed by atoms with Gasteiger partial charge in [-0.05, 0) is 12.8 Å². The van der Waals surface area contributed by atoms with Crippen LogP contribution in [0.5, 0.6) is 0 Å². The SMILES string of the molecule is Cl.O=C(CCN1C(=O)NC2(CCCC2)C1=O)NCC1CNCC1O. The highest BCUT2D eigenvalue weighted by atomic mass is 35.5. The predicted molar refractivity (Wildman–Crippen MR) is 88.7 cm³/mol. The van der Waals surface area contributed by atoms with Crippen LogP contribution in [0.3, 0.4) is 0 Å². The Morgan fingerprint density at radius 3 is 2.62 bits per heavy atom. The number of amides is 4. The summed E-state index contributed by atoms with van der Waals surface area (Å²) in [6.07, 6.45) is 2.91. The average Bonchev–Trinajstić information content (AvgIpc) is 3.19. The number of imide groups is 1. The minimum absolute atomic E-state index is 0. The molecule has 0 aromatic carbocycles. The van der Waals surface area contributed by atoms with Crippen molar-refractivity contribution < 1.29 is 19.5 Å². The zero-order valence-electron chi connectivity index (χ0n) is 13.5. The van der Waals surface area contributed by atoms with Gasteiger partial charge in [0.05, 0.1) is 6.10 Å². The van der Waals surface area contributed by atoms with Crippen LogP contribution >= 0.6 is 12.4 Å². The predicted octanol–water partition coefficient (Wildman–Crippen LogP) is -0.641. The summed E-state index contributed by atoms with van der Waals surface area (Å²) in [7, 11) is 0. The molecular weight excluding hydrogens is 336 g/mol. The van der Waals surface area contributed by atoms with Gasteiger partial charge in [-0.2, -0.15) is 0 Å². The van der Waals surface area contributed by atoms with Gasteiger partial charge in [-0.1, -0.05) is 12.8 Å². The lowest BCUT2D eigenvalue weighted by Crippen LogP contribution is -2.44. The molecule has 2 saturated heterocycles. The van der Waals surface area contributed by atoms with Crippen molar-refractivity contribution >= 4 is 30.3 Å². The molecule has 0 aromatic heterocycles. The van der Waals surface area contributed by atoms with Gasteiger partial charge < -0.3 is 21.1 Å². The second kappa shape index (κ2) is 7.67. The fraction of sp³-hybridized carbons (Fsp3) is 0.800. The number of carbonyl (C=O) groups excluding carboxylic acids is 3. The van der Waals surface area contributed by atoms with Crippen molar-refractivity contribution in [3.05, 3.63) is 0 Å². The van der Waals surface area contributed by atoms with E-state index in [2.05, 4.69) is 16.0 Å². The van der Waals surface area contributed by atoms with Crippen LogP contribution in [0.1, 0.15) is 32.1 Å². The average molecular weight is 361 g/mol. The summed E-state index contributed by atoms with van der Waals surface area (Å²) < 4.78 is 0. The number of aliphatic hydroxyl groups excluding tert-OH is 1. The lowest BCUT2D eigenvalue weighted by molar-refractivity contribution is -0.131. The van der Waals surface area contributed by atoms with E-state index in [-0.39, 0.29) is 49.1 Å². The molecule has 2 aliphatic heterocycles. The Morgan fingerprint density at radius 2 is 2.00 bits per heavy atom. The summed E-state index contributed by atoms with van der Waals surface area (Å²) in [5.74, 6) is -0.391. The Balaban J connectivity index is 0.00000208. The van der Waals surface area contributed by atoms with E-state index in [1.54, 1.807) is 0 Å².